The lowest BCUT2D eigenvalue weighted by Gasteiger charge is -2.40. The number of ether oxygens (including phenoxy) is 1. The number of nitrogens with one attached hydrogen (secondary N) is 1. The zero-order valence-corrected chi connectivity index (χ0v) is 16.8. The lowest BCUT2D eigenvalue weighted by Crippen LogP contribution is -2.52. The van der Waals surface area contributed by atoms with E-state index in [-0.39, 0.29) is 12.1 Å². The number of carbonyl (C=O) groups is 1. The van der Waals surface area contributed by atoms with Crippen molar-refractivity contribution in [2.75, 3.05) is 11.4 Å². The van der Waals surface area contributed by atoms with Gasteiger partial charge in [0.1, 0.15) is 10.8 Å². The second-order valence-corrected chi connectivity index (χ2v) is 8.43. The van der Waals surface area contributed by atoms with Crippen LogP contribution in [0.25, 0.3) is 0 Å². The first-order valence-electron chi connectivity index (χ1n) is 7.73. The van der Waals surface area contributed by atoms with Gasteiger partial charge in [-0.05, 0) is 69.2 Å². The number of carbonyl (C=O) groups excluding carboxylic acids is 1. The fourth-order valence-corrected chi connectivity index (χ4v) is 3.42. The smallest absolute Gasteiger partial charge is 0.407 e. The molecule has 0 radical (unpaired) electrons. The van der Waals surface area contributed by atoms with E-state index in [0.717, 1.165) is 28.6 Å². The van der Waals surface area contributed by atoms with E-state index in [2.05, 4.69) is 44.7 Å². The van der Waals surface area contributed by atoms with Gasteiger partial charge in [-0.2, -0.15) is 0 Å². The molecule has 0 unspecified atom stereocenters. The van der Waals surface area contributed by atoms with E-state index in [1.807, 2.05) is 26.8 Å². The van der Waals surface area contributed by atoms with Crippen molar-refractivity contribution in [1.29, 1.82) is 0 Å². The molecule has 0 aliphatic carbocycles. The molecule has 7 heteroatoms. The highest BCUT2D eigenvalue weighted by Gasteiger charge is 2.29. The molecule has 1 fully saturated rings. The van der Waals surface area contributed by atoms with Crippen molar-refractivity contribution in [3.8, 4) is 0 Å². The number of hydrogen-bond donors (Lipinski definition) is 1. The molecular formula is C16H23ClIN3O2. The lowest BCUT2D eigenvalue weighted by atomic mass is 9.99. The number of nitrogens with zero attached hydrogens (tertiary/aromatic N) is 2. The van der Waals surface area contributed by atoms with Gasteiger partial charge in [-0.25, -0.2) is 9.78 Å². The van der Waals surface area contributed by atoms with Crippen molar-refractivity contribution in [2.24, 2.45) is 0 Å². The predicted octanol–water partition coefficient (Wildman–Crippen LogP) is 4.22. The van der Waals surface area contributed by atoms with Gasteiger partial charge in [0.05, 0.1) is 9.26 Å². The minimum atomic E-state index is -0.486. The molecule has 1 aromatic rings. The molecule has 1 amide bonds. The highest BCUT2D eigenvalue weighted by molar-refractivity contribution is 14.1. The van der Waals surface area contributed by atoms with E-state index in [4.69, 9.17) is 16.3 Å². The number of aromatic nitrogens is 1. The van der Waals surface area contributed by atoms with Gasteiger partial charge in [0.15, 0.2) is 0 Å². The molecule has 5 nitrogen and oxygen atoms in total. The molecule has 1 aliphatic rings. The van der Waals surface area contributed by atoms with Crippen LogP contribution in [0.15, 0.2) is 12.3 Å². The zero-order valence-electron chi connectivity index (χ0n) is 13.9. The number of amides is 1. The average molecular weight is 452 g/mol. The van der Waals surface area contributed by atoms with Crippen LogP contribution in [0, 0.1) is 3.57 Å². The highest BCUT2D eigenvalue weighted by atomic mass is 127. The number of hydrogen-bond acceptors (Lipinski definition) is 4. The average Bonchev–Trinajstić information content (AvgIpc) is 2.42. The Hall–Kier alpha value is -0.760. The molecule has 1 saturated heterocycles. The molecule has 0 aromatic carbocycles. The maximum absolute atomic E-state index is 12.0. The van der Waals surface area contributed by atoms with Crippen molar-refractivity contribution < 1.29 is 9.53 Å². The van der Waals surface area contributed by atoms with Crippen molar-refractivity contribution in [3.05, 3.63) is 21.0 Å². The van der Waals surface area contributed by atoms with Crippen molar-refractivity contribution in [1.82, 2.24) is 10.3 Å². The third-order valence-corrected chi connectivity index (χ3v) is 4.75. The molecule has 128 valence electrons. The molecule has 0 spiro atoms. The monoisotopic (exact) mass is 451 g/mol. The topological polar surface area (TPSA) is 54.5 Å². The normalized spacial score (nSPS) is 21.9. The van der Waals surface area contributed by atoms with Crippen LogP contribution in [-0.2, 0) is 4.74 Å². The van der Waals surface area contributed by atoms with E-state index >= 15 is 0 Å². The standard InChI is InChI=1S/C16H23ClIN3O2/c1-10-5-6-11(20-15(22)23-16(2,3)4)9-21(10)13-7-14(17)19-8-12(13)18/h7-8,10-11H,5-6,9H2,1-4H3,(H,20,22)/t10-,11+/m1/s1. The number of halogens is 2. The highest BCUT2D eigenvalue weighted by Crippen LogP contribution is 2.30. The van der Waals surface area contributed by atoms with Crippen molar-refractivity contribution in [2.45, 2.75) is 58.2 Å². The summed E-state index contributed by atoms with van der Waals surface area (Å²) in [5, 5.41) is 3.46. The van der Waals surface area contributed by atoms with Crippen LogP contribution >= 0.6 is 34.2 Å². The Morgan fingerprint density at radius 3 is 2.83 bits per heavy atom. The van der Waals surface area contributed by atoms with Crippen LogP contribution < -0.4 is 10.2 Å². The fourth-order valence-electron chi connectivity index (χ4n) is 2.66. The molecule has 1 aliphatic heterocycles. The molecule has 1 aromatic heterocycles. The largest absolute Gasteiger partial charge is 0.444 e. The van der Waals surface area contributed by atoms with E-state index in [9.17, 15) is 4.79 Å². The molecule has 1 N–H and O–H groups in total. The fraction of sp³-hybridized carbons (Fsp3) is 0.625. The van der Waals surface area contributed by atoms with Crippen LogP contribution in [-0.4, -0.2) is 35.3 Å². The van der Waals surface area contributed by atoms with Crippen molar-refractivity contribution >= 4 is 46.0 Å². The lowest BCUT2D eigenvalue weighted by molar-refractivity contribution is 0.0498. The summed E-state index contributed by atoms with van der Waals surface area (Å²) in [7, 11) is 0. The summed E-state index contributed by atoms with van der Waals surface area (Å²) >= 11 is 8.31. The molecule has 2 atom stereocenters. The van der Waals surface area contributed by atoms with Gasteiger partial charge in [-0.1, -0.05) is 11.6 Å². The zero-order chi connectivity index (χ0) is 17.2. The summed E-state index contributed by atoms with van der Waals surface area (Å²) in [5.74, 6) is 0. The van der Waals surface area contributed by atoms with E-state index in [0.29, 0.717) is 11.2 Å². The Morgan fingerprint density at radius 2 is 2.17 bits per heavy atom. The Kier molecular flexibility index (Phi) is 5.99. The second kappa shape index (κ2) is 7.42. The van der Waals surface area contributed by atoms with E-state index in [1.165, 1.54) is 0 Å². The number of piperidine rings is 1. The summed E-state index contributed by atoms with van der Waals surface area (Å²) in [6, 6.07) is 2.33. The number of pyridine rings is 1. The third kappa shape index (κ3) is 5.38. The van der Waals surface area contributed by atoms with Gasteiger partial charge in [-0.15, -0.1) is 0 Å². The number of anilines is 1. The van der Waals surface area contributed by atoms with Crippen LogP contribution in [0.5, 0.6) is 0 Å². The molecule has 2 rings (SSSR count). The number of rotatable bonds is 2. The first-order valence-corrected chi connectivity index (χ1v) is 9.18. The maximum Gasteiger partial charge on any atom is 0.407 e. The minimum absolute atomic E-state index is 0.0591. The first kappa shape index (κ1) is 18.6. The van der Waals surface area contributed by atoms with Crippen molar-refractivity contribution in [3.63, 3.8) is 0 Å². The predicted molar refractivity (Wildman–Crippen MR) is 101 cm³/mol. The van der Waals surface area contributed by atoms with E-state index in [1.54, 1.807) is 6.20 Å². The Balaban J connectivity index is 2.07. The quantitative estimate of drug-likeness (QED) is 0.540. The van der Waals surface area contributed by atoms with Gasteiger partial charge in [-0.3, -0.25) is 0 Å². The Labute approximate surface area is 156 Å². The van der Waals surface area contributed by atoms with Gasteiger partial charge in [0.2, 0.25) is 0 Å². The SMILES string of the molecule is C[C@@H]1CC[C@H](NC(=O)OC(C)(C)C)CN1c1cc(Cl)ncc1I. The van der Waals surface area contributed by atoms with Gasteiger partial charge in [0, 0.05) is 24.8 Å². The number of alkyl carbamates (subject to hydrolysis) is 1. The molecule has 0 saturated carbocycles. The Morgan fingerprint density at radius 1 is 1.48 bits per heavy atom. The summed E-state index contributed by atoms with van der Waals surface area (Å²) in [6.45, 7) is 8.51. The van der Waals surface area contributed by atoms with Gasteiger partial charge in [0.25, 0.3) is 0 Å². The summed E-state index contributed by atoms with van der Waals surface area (Å²) in [4.78, 5) is 18.4. The first-order chi connectivity index (χ1) is 10.7. The summed E-state index contributed by atoms with van der Waals surface area (Å²) < 4.78 is 6.40. The third-order valence-electron chi connectivity index (χ3n) is 3.71. The van der Waals surface area contributed by atoms with Crippen LogP contribution in [0.1, 0.15) is 40.5 Å². The molecule has 2 heterocycles. The van der Waals surface area contributed by atoms with Crippen LogP contribution in [0.2, 0.25) is 5.15 Å². The second-order valence-electron chi connectivity index (χ2n) is 6.88. The molecule has 23 heavy (non-hydrogen) atoms. The van der Waals surface area contributed by atoms with Crippen LogP contribution in [0.3, 0.4) is 0 Å². The van der Waals surface area contributed by atoms with Gasteiger partial charge >= 0.3 is 6.09 Å². The minimum Gasteiger partial charge on any atom is -0.444 e. The Bertz CT molecular complexity index is 577. The maximum atomic E-state index is 12.0. The summed E-state index contributed by atoms with van der Waals surface area (Å²) in [6.07, 6.45) is 3.35. The van der Waals surface area contributed by atoms with Crippen LogP contribution in [0.4, 0.5) is 10.5 Å². The van der Waals surface area contributed by atoms with Gasteiger partial charge < -0.3 is 15.0 Å². The van der Waals surface area contributed by atoms with E-state index < -0.39 is 5.60 Å². The summed E-state index contributed by atoms with van der Waals surface area (Å²) in [5.41, 5.74) is 0.577. The molecular weight excluding hydrogens is 429 g/mol. The molecule has 0 bridgehead atoms.